The summed E-state index contributed by atoms with van der Waals surface area (Å²) in [5.74, 6) is -0.0580. The smallest absolute Gasteiger partial charge is 0.229 e. The number of amides is 1. The first-order valence-electron chi connectivity index (χ1n) is 5.68. The van der Waals surface area contributed by atoms with Gasteiger partial charge in [0.25, 0.3) is 0 Å². The molecule has 0 spiro atoms. The third-order valence-corrected chi connectivity index (χ3v) is 3.92. The molecule has 0 atom stereocenters. The Morgan fingerprint density at radius 2 is 2.26 bits per heavy atom. The Bertz CT molecular complexity index is 734. The van der Waals surface area contributed by atoms with E-state index in [-0.39, 0.29) is 5.91 Å². The number of fused-ring (bicyclic) bond motifs is 1. The fraction of sp³-hybridized carbons (Fsp3) is 0.0769. The van der Waals surface area contributed by atoms with Gasteiger partial charge in [-0.1, -0.05) is 11.6 Å². The molecule has 19 heavy (non-hydrogen) atoms. The quantitative estimate of drug-likeness (QED) is 0.776. The van der Waals surface area contributed by atoms with Crippen LogP contribution in [0.3, 0.4) is 0 Å². The molecule has 0 saturated heterocycles. The van der Waals surface area contributed by atoms with E-state index in [1.807, 2.05) is 24.3 Å². The third kappa shape index (κ3) is 2.77. The van der Waals surface area contributed by atoms with Crippen molar-refractivity contribution < 1.29 is 4.79 Å². The van der Waals surface area contributed by atoms with Crippen molar-refractivity contribution in [3.63, 3.8) is 0 Å². The minimum atomic E-state index is -0.0580. The summed E-state index contributed by atoms with van der Waals surface area (Å²) in [7, 11) is 0. The van der Waals surface area contributed by atoms with E-state index in [0.29, 0.717) is 10.8 Å². The number of benzene rings is 1. The van der Waals surface area contributed by atoms with Crippen LogP contribution in [0.5, 0.6) is 0 Å². The van der Waals surface area contributed by atoms with Crippen LogP contribution in [0.2, 0.25) is 4.34 Å². The molecular formula is C13H10ClN3OS. The topological polar surface area (TPSA) is 57.8 Å². The highest BCUT2D eigenvalue weighted by Gasteiger charge is 2.07. The van der Waals surface area contributed by atoms with Crippen LogP contribution in [0, 0.1) is 0 Å². The molecule has 2 aromatic heterocycles. The van der Waals surface area contributed by atoms with Crippen molar-refractivity contribution >= 4 is 45.4 Å². The van der Waals surface area contributed by atoms with E-state index in [2.05, 4.69) is 15.5 Å². The number of aromatic nitrogens is 2. The number of nitrogens with one attached hydrogen (secondary N) is 2. The summed E-state index contributed by atoms with van der Waals surface area (Å²) in [5, 5.41) is 10.7. The van der Waals surface area contributed by atoms with Crippen molar-refractivity contribution in [1.82, 2.24) is 10.2 Å². The fourth-order valence-corrected chi connectivity index (χ4v) is 2.91. The van der Waals surface area contributed by atoms with E-state index in [1.54, 1.807) is 12.3 Å². The zero-order valence-corrected chi connectivity index (χ0v) is 11.4. The Kier molecular flexibility index (Phi) is 3.23. The van der Waals surface area contributed by atoms with Crippen molar-refractivity contribution in [3.8, 4) is 0 Å². The Morgan fingerprint density at radius 3 is 3.05 bits per heavy atom. The van der Waals surface area contributed by atoms with Crippen molar-refractivity contribution in [2.75, 3.05) is 5.32 Å². The maximum absolute atomic E-state index is 11.9. The molecule has 0 aliphatic heterocycles. The number of carbonyl (C=O) groups excluding carboxylic acids is 1. The van der Waals surface area contributed by atoms with Gasteiger partial charge in [-0.25, -0.2) is 0 Å². The van der Waals surface area contributed by atoms with Gasteiger partial charge in [0.15, 0.2) is 0 Å². The van der Waals surface area contributed by atoms with Gasteiger partial charge in [-0.05, 0) is 30.3 Å². The number of hydrogen-bond donors (Lipinski definition) is 2. The molecular weight excluding hydrogens is 282 g/mol. The Labute approximate surface area is 118 Å². The highest BCUT2D eigenvalue weighted by atomic mass is 35.5. The van der Waals surface area contributed by atoms with Gasteiger partial charge in [0.2, 0.25) is 5.91 Å². The van der Waals surface area contributed by atoms with Crippen LogP contribution in [-0.4, -0.2) is 16.1 Å². The van der Waals surface area contributed by atoms with Crippen LogP contribution in [-0.2, 0) is 11.2 Å². The first-order valence-corrected chi connectivity index (χ1v) is 6.87. The molecule has 4 nitrogen and oxygen atoms in total. The summed E-state index contributed by atoms with van der Waals surface area (Å²) >= 11 is 7.25. The van der Waals surface area contributed by atoms with Crippen LogP contribution in [0.25, 0.3) is 10.9 Å². The Hall–Kier alpha value is -1.85. The lowest BCUT2D eigenvalue weighted by molar-refractivity contribution is -0.115. The number of nitrogens with zero attached hydrogens (tertiary/aromatic N) is 1. The average Bonchev–Trinajstić information content (AvgIpc) is 2.97. The molecule has 0 radical (unpaired) electrons. The van der Waals surface area contributed by atoms with E-state index >= 15 is 0 Å². The molecule has 96 valence electrons. The molecule has 1 amide bonds. The number of aromatic amines is 1. The van der Waals surface area contributed by atoms with E-state index in [0.717, 1.165) is 21.5 Å². The summed E-state index contributed by atoms with van der Waals surface area (Å²) in [5.41, 5.74) is 1.65. The summed E-state index contributed by atoms with van der Waals surface area (Å²) in [6, 6.07) is 9.30. The minimum Gasteiger partial charge on any atom is -0.326 e. The highest BCUT2D eigenvalue weighted by molar-refractivity contribution is 7.16. The lowest BCUT2D eigenvalue weighted by Gasteiger charge is -2.04. The number of rotatable bonds is 3. The molecule has 2 N–H and O–H groups in total. The first kappa shape index (κ1) is 12.2. The van der Waals surface area contributed by atoms with E-state index in [1.165, 1.54) is 11.3 Å². The maximum Gasteiger partial charge on any atom is 0.229 e. The number of halogens is 1. The second-order valence-electron chi connectivity index (χ2n) is 4.10. The molecule has 1 aromatic carbocycles. The number of carbonyl (C=O) groups is 1. The van der Waals surface area contributed by atoms with E-state index in [4.69, 9.17) is 11.6 Å². The average molecular weight is 292 g/mol. The van der Waals surface area contributed by atoms with Gasteiger partial charge in [0.05, 0.1) is 22.5 Å². The van der Waals surface area contributed by atoms with Crippen LogP contribution in [0.15, 0.2) is 36.5 Å². The van der Waals surface area contributed by atoms with Crippen molar-refractivity contribution in [2.45, 2.75) is 6.42 Å². The predicted molar refractivity (Wildman–Crippen MR) is 77.8 cm³/mol. The third-order valence-electron chi connectivity index (χ3n) is 2.69. The largest absolute Gasteiger partial charge is 0.326 e. The number of hydrogen-bond acceptors (Lipinski definition) is 3. The lowest BCUT2D eigenvalue weighted by atomic mass is 10.2. The fourth-order valence-electron chi connectivity index (χ4n) is 1.82. The van der Waals surface area contributed by atoms with Crippen LogP contribution < -0.4 is 5.32 Å². The van der Waals surface area contributed by atoms with E-state index < -0.39 is 0 Å². The number of H-pyrrole nitrogens is 1. The van der Waals surface area contributed by atoms with Gasteiger partial charge in [-0.15, -0.1) is 11.3 Å². The summed E-state index contributed by atoms with van der Waals surface area (Å²) < 4.78 is 0.696. The molecule has 0 fully saturated rings. The van der Waals surface area contributed by atoms with Crippen LogP contribution >= 0.6 is 22.9 Å². The second kappa shape index (κ2) is 5.03. The van der Waals surface area contributed by atoms with Crippen LogP contribution in [0.4, 0.5) is 5.69 Å². The van der Waals surface area contributed by atoms with Gasteiger partial charge in [-0.3, -0.25) is 9.89 Å². The zero-order valence-electron chi connectivity index (χ0n) is 9.81. The molecule has 0 aliphatic carbocycles. The Morgan fingerprint density at radius 1 is 1.37 bits per heavy atom. The SMILES string of the molecule is O=C(Cc1ccc(Cl)s1)Nc1ccc2cn[nH]c2c1. The Balaban J connectivity index is 1.71. The lowest BCUT2D eigenvalue weighted by Crippen LogP contribution is -2.13. The van der Waals surface area contributed by atoms with Crippen molar-refractivity contribution in [3.05, 3.63) is 45.7 Å². The normalized spacial score (nSPS) is 10.8. The van der Waals surface area contributed by atoms with Gasteiger partial charge in [0.1, 0.15) is 0 Å². The maximum atomic E-state index is 11.9. The first-order chi connectivity index (χ1) is 9.20. The molecule has 0 unspecified atom stereocenters. The van der Waals surface area contributed by atoms with Gasteiger partial charge in [0, 0.05) is 16.0 Å². The molecule has 0 bridgehead atoms. The summed E-state index contributed by atoms with van der Waals surface area (Å²) in [4.78, 5) is 12.8. The van der Waals surface area contributed by atoms with Gasteiger partial charge < -0.3 is 5.32 Å². The molecule has 3 rings (SSSR count). The monoisotopic (exact) mass is 291 g/mol. The molecule has 0 aliphatic rings. The van der Waals surface area contributed by atoms with Gasteiger partial charge >= 0.3 is 0 Å². The summed E-state index contributed by atoms with van der Waals surface area (Å²) in [6.45, 7) is 0. The minimum absolute atomic E-state index is 0.0580. The highest BCUT2D eigenvalue weighted by Crippen LogP contribution is 2.22. The number of thiophene rings is 1. The van der Waals surface area contributed by atoms with E-state index in [9.17, 15) is 4.79 Å². The summed E-state index contributed by atoms with van der Waals surface area (Å²) in [6.07, 6.45) is 2.08. The number of anilines is 1. The van der Waals surface area contributed by atoms with Crippen LogP contribution in [0.1, 0.15) is 4.88 Å². The standard InChI is InChI=1S/C13H10ClN3OS/c14-12-4-3-10(19-12)6-13(18)16-9-2-1-8-7-15-17-11(8)5-9/h1-5,7H,6H2,(H,15,17)(H,16,18). The molecule has 2 heterocycles. The molecule has 0 saturated carbocycles. The predicted octanol–water partition coefficient (Wildman–Crippen LogP) is 3.46. The molecule has 3 aromatic rings. The van der Waals surface area contributed by atoms with Crippen molar-refractivity contribution in [1.29, 1.82) is 0 Å². The van der Waals surface area contributed by atoms with Gasteiger partial charge in [-0.2, -0.15) is 5.10 Å². The van der Waals surface area contributed by atoms with Crippen molar-refractivity contribution in [2.24, 2.45) is 0 Å². The second-order valence-corrected chi connectivity index (χ2v) is 5.90. The zero-order chi connectivity index (χ0) is 13.2. The molecule has 6 heteroatoms.